The van der Waals surface area contributed by atoms with Crippen LogP contribution in [0.1, 0.15) is 18.5 Å². The van der Waals surface area contributed by atoms with E-state index < -0.39 is 6.36 Å². The summed E-state index contributed by atoms with van der Waals surface area (Å²) in [5.74, 6) is -0.234. The molecule has 0 bridgehead atoms. The third kappa shape index (κ3) is 4.80. The summed E-state index contributed by atoms with van der Waals surface area (Å²) in [5.41, 5.74) is 1.29. The quantitative estimate of drug-likeness (QED) is 0.689. The molecule has 0 aliphatic heterocycles. The molecule has 2 aromatic rings. The first kappa shape index (κ1) is 15.9. The predicted molar refractivity (Wildman–Crippen MR) is 84.3 cm³/mol. The highest BCUT2D eigenvalue weighted by atomic mass is 127. The number of rotatable bonds is 4. The minimum absolute atomic E-state index is 0.139. The monoisotopic (exact) mass is 407 g/mol. The molecule has 0 aliphatic carbocycles. The Labute approximate surface area is 134 Å². The second-order valence-electron chi connectivity index (χ2n) is 4.46. The molecule has 6 heteroatoms. The van der Waals surface area contributed by atoms with Crippen LogP contribution in [0.3, 0.4) is 0 Å². The molecular formula is C15H13F3INO. The van der Waals surface area contributed by atoms with Crippen molar-refractivity contribution in [1.82, 2.24) is 0 Å². The van der Waals surface area contributed by atoms with Crippen LogP contribution in [-0.4, -0.2) is 6.36 Å². The lowest BCUT2D eigenvalue weighted by atomic mass is 10.1. The number of ether oxygens (including phenoxy) is 1. The van der Waals surface area contributed by atoms with Gasteiger partial charge in [-0.3, -0.25) is 0 Å². The largest absolute Gasteiger partial charge is 0.573 e. The molecule has 112 valence electrons. The van der Waals surface area contributed by atoms with Gasteiger partial charge in [0, 0.05) is 9.61 Å². The molecule has 21 heavy (non-hydrogen) atoms. The van der Waals surface area contributed by atoms with Crippen molar-refractivity contribution in [3.05, 3.63) is 57.7 Å². The van der Waals surface area contributed by atoms with E-state index >= 15 is 0 Å². The molecule has 0 aromatic heterocycles. The zero-order valence-electron chi connectivity index (χ0n) is 11.1. The van der Waals surface area contributed by atoms with Crippen molar-refractivity contribution < 1.29 is 17.9 Å². The third-order valence-corrected chi connectivity index (χ3v) is 3.57. The van der Waals surface area contributed by atoms with Gasteiger partial charge in [-0.15, -0.1) is 13.2 Å². The zero-order valence-corrected chi connectivity index (χ0v) is 13.3. The van der Waals surface area contributed by atoms with Gasteiger partial charge in [-0.1, -0.05) is 24.3 Å². The molecule has 0 heterocycles. The van der Waals surface area contributed by atoms with Gasteiger partial charge in [0.05, 0.1) is 5.69 Å². The van der Waals surface area contributed by atoms with Gasteiger partial charge in [0.1, 0.15) is 0 Å². The minimum Gasteiger partial charge on any atom is -0.404 e. The Morgan fingerprint density at radius 1 is 1.05 bits per heavy atom. The van der Waals surface area contributed by atoms with Crippen molar-refractivity contribution >= 4 is 28.3 Å². The van der Waals surface area contributed by atoms with Crippen molar-refractivity contribution in [2.24, 2.45) is 0 Å². The van der Waals surface area contributed by atoms with Crippen LogP contribution in [0, 0.1) is 3.57 Å². The fourth-order valence-corrected chi connectivity index (χ4v) is 2.23. The maximum Gasteiger partial charge on any atom is 0.573 e. The highest BCUT2D eigenvalue weighted by molar-refractivity contribution is 14.1. The Hall–Kier alpha value is -1.44. The second-order valence-corrected chi connectivity index (χ2v) is 5.71. The van der Waals surface area contributed by atoms with E-state index in [1.807, 2.05) is 31.2 Å². The van der Waals surface area contributed by atoms with E-state index in [1.165, 1.54) is 12.1 Å². The van der Waals surface area contributed by atoms with Crippen LogP contribution in [0.5, 0.6) is 5.75 Å². The van der Waals surface area contributed by atoms with E-state index in [0.717, 1.165) is 9.13 Å². The number of anilines is 1. The summed E-state index contributed by atoms with van der Waals surface area (Å²) in [6.45, 7) is 1.88. The Morgan fingerprint density at radius 3 is 2.29 bits per heavy atom. The van der Waals surface area contributed by atoms with Crippen molar-refractivity contribution in [2.45, 2.75) is 19.3 Å². The summed E-state index contributed by atoms with van der Waals surface area (Å²) in [7, 11) is 0. The van der Waals surface area contributed by atoms with Crippen molar-refractivity contribution in [3.8, 4) is 5.75 Å². The van der Waals surface area contributed by atoms with E-state index in [0.29, 0.717) is 5.69 Å². The van der Waals surface area contributed by atoms with Gasteiger partial charge in [0.15, 0.2) is 5.75 Å². The second kappa shape index (κ2) is 6.55. The van der Waals surface area contributed by atoms with Gasteiger partial charge in [0.25, 0.3) is 0 Å². The molecule has 0 amide bonds. The third-order valence-electron chi connectivity index (χ3n) is 2.85. The summed E-state index contributed by atoms with van der Waals surface area (Å²) >= 11 is 2.20. The molecule has 0 spiro atoms. The van der Waals surface area contributed by atoms with Gasteiger partial charge in [0.2, 0.25) is 0 Å². The number of nitrogens with one attached hydrogen (secondary N) is 1. The molecule has 2 rings (SSSR count). The number of para-hydroxylation sites is 2. The summed E-state index contributed by atoms with van der Waals surface area (Å²) in [4.78, 5) is 0. The number of halogens is 4. The van der Waals surface area contributed by atoms with Gasteiger partial charge >= 0.3 is 6.36 Å². The lowest BCUT2D eigenvalue weighted by Gasteiger charge is -2.19. The van der Waals surface area contributed by atoms with Crippen LogP contribution in [0.4, 0.5) is 18.9 Å². The Kier molecular flexibility index (Phi) is 4.97. The highest BCUT2D eigenvalue weighted by Crippen LogP contribution is 2.32. The van der Waals surface area contributed by atoms with E-state index in [9.17, 15) is 13.2 Å². The standard InChI is InChI=1S/C15H13F3INO/c1-10(11-6-8-12(19)9-7-11)20-13-4-2-3-5-14(13)21-15(16,17)18/h2-10,20H,1H3. The molecule has 0 saturated heterocycles. The number of hydrogen-bond acceptors (Lipinski definition) is 2. The van der Waals surface area contributed by atoms with E-state index in [-0.39, 0.29) is 11.8 Å². The van der Waals surface area contributed by atoms with E-state index in [2.05, 4.69) is 32.6 Å². The van der Waals surface area contributed by atoms with Crippen LogP contribution in [0.15, 0.2) is 48.5 Å². The first-order valence-electron chi connectivity index (χ1n) is 6.22. The summed E-state index contributed by atoms with van der Waals surface area (Å²) < 4.78 is 42.3. The smallest absolute Gasteiger partial charge is 0.404 e. The summed E-state index contributed by atoms with van der Waals surface area (Å²) in [5, 5.41) is 3.04. The molecule has 0 radical (unpaired) electrons. The van der Waals surface area contributed by atoms with Crippen molar-refractivity contribution in [3.63, 3.8) is 0 Å². The average molecular weight is 407 g/mol. The fourth-order valence-electron chi connectivity index (χ4n) is 1.87. The lowest BCUT2D eigenvalue weighted by molar-refractivity contribution is -0.274. The molecule has 2 nitrogen and oxygen atoms in total. The van der Waals surface area contributed by atoms with E-state index in [1.54, 1.807) is 12.1 Å². The zero-order chi connectivity index (χ0) is 15.5. The van der Waals surface area contributed by atoms with Gasteiger partial charge < -0.3 is 10.1 Å². The van der Waals surface area contributed by atoms with Crippen LogP contribution in [0.2, 0.25) is 0 Å². The predicted octanol–water partition coefficient (Wildman–Crippen LogP) is 5.36. The van der Waals surface area contributed by atoms with Gasteiger partial charge in [-0.2, -0.15) is 0 Å². The molecule has 0 aliphatic rings. The van der Waals surface area contributed by atoms with Gasteiger partial charge in [-0.25, -0.2) is 0 Å². The summed E-state index contributed by atoms with van der Waals surface area (Å²) in [6.07, 6.45) is -4.70. The van der Waals surface area contributed by atoms with Crippen LogP contribution >= 0.6 is 22.6 Å². The van der Waals surface area contributed by atoms with Crippen LogP contribution < -0.4 is 10.1 Å². The Bertz CT molecular complexity index is 599. The molecule has 1 atom stereocenters. The Balaban J connectivity index is 2.17. The molecule has 0 saturated carbocycles. The maximum absolute atomic E-state index is 12.4. The van der Waals surface area contributed by atoms with Gasteiger partial charge in [-0.05, 0) is 59.3 Å². The summed E-state index contributed by atoms with van der Waals surface area (Å²) in [6, 6.07) is 13.6. The fraction of sp³-hybridized carbons (Fsp3) is 0.200. The SMILES string of the molecule is CC(Nc1ccccc1OC(F)(F)F)c1ccc(I)cc1. The average Bonchev–Trinajstić information content (AvgIpc) is 2.40. The minimum atomic E-state index is -4.70. The molecule has 1 unspecified atom stereocenters. The topological polar surface area (TPSA) is 21.3 Å². The molecule has 1 N–H and O–H groups in total. The first-order valence-corrected chi connectivity index (χ1v) is 7.30. The molecule has 0 fully saturated rings. The van der Waals surface area contributed by atoms with Crippen molar-refractivity contribution in [2.75, 3.05) is 5.32 Å². The molecular weight excluding hydrogens is 394 g/mol. The normalized spacial score (nSPS) is 12.8. The van der Waals surface area contributed by atoms with Crippen molar-refractivity contribution in [1.29, 1.82) is 0 Å². The lowest BCUT2D eigenvalue weighted by Crippen LogP contribution is -2.18. The van der Waals surface area contributed by atoms with Crippen LogP contribution in [-0.2, 0) is 0 Å². The number of alkyl halides is 3. The van der Waals surface area contributed by atoms with Crippen LogP contribution in [0.25, 0.3) is 0 Å². The van der Waals surface area contributed by atoms with E-state index in [4.69, 9.17) is 0 Å². The maximum atomic E-state index is 12.4. The molecule has 2 aromatic carbocycles. The number of benzene rings is 2. The Morgan fingerprint density at radius 2 is 1.67 bits per heavy atom. The first-order chi connectivity index (χ1) is 9.85. The highest BCUT2D eigenvalue weighted by Gasteiger charge is 2.32. The number of hydrogen-bond donors (Lipinski definition) is 1.